The van der Waals surface area contributed by atoms with Crippen LogP contribution in [0.4, 0.5) is 13.2 Å². The van der Waals surface area contributed by atoms with E-state index in [2.05, 4.69) is 4.98 Å². The lowest BCUT2D eigenvalue weighted by Gasteiger charge is -2.01. The number of nitrogens with two attached hydrogens (primary N) is 1. The second-order valence-corrected chi connectivity index (χ2v) is 4.81. The standard InChI is InChI=1S/C11H9F3N2O2S/c1-5-6(2-8(18-5)10(15)17)7-4-19-9(16-7)3-11(12,13)14/h2,4H,3H2,1H3,(H2,15,17). The number of amides is 1. The first-order chi connectivity index (χ1) is 8.76. The highest BCUT2D eigenvalue weighted by Gasteiger charge is 2.29. The zero-order chi connectivity index (χ0) is 14.2. The number of nitrogens with zero attached hydrogens (tertiary/aromatic N) is 1. The summed E-state index contributed by atoms with van der Waals surface area (Å²) in [7, 11) is 0. The van der Waals surface area contributed by atoms with Crippen LogP contribution in [0.2, 0.25) is 0 Å². The van der Waals surface area contributed by atoms with E-state index in [0.717, 1.165) is 11.3 Å². The van der Waals surface area contributed by atoms with Crippen LogP contribution in [-0.4, -0.2) is 17.1 Å². The van der Waals surface area contributed by atoms with Crippen molar-refractivity contribution in [3.05, 3.63) is 28.0 Å². The van der Waals surface area contributed by atoms with E-state index in [1.807, 2.05) is 0 Å². The molecule has 19 heavy (non-hydrogen) atoms. The van der Waals surface area contributed by atoms with Crippen molar-refractivity contribution in [2.45, 2.75) is 19.5 Å². The van der Waals surface area contributed by atoms with Gasteiger partial charge in [0.1, 0.15) is 10.8 Å². The lowest BCUT2D eigenvalue weighted by atomic mass is 10.2. The summed E-state index contributed by atoms with van der Waals surface area (Å²) in [6.07, 6.45) is -5.36. The highest BCUT2D eigenvalue weighted by molar-refractivity contribution is 7.09. The molecule has 102 valence electrons. The minimum absolute atomic E-state index is 0.0382. The van der Waals surface area contributed by atoms with Crippen molar-refractivity contribution in [1.82, 2.24) is 4.98 Å². The van der Waals surface area contributed by atoms with Gasteiger partial charge in [0, 0.05) is 10.9 Å². The Bertz CT molecular complexity index is 616. The molecule has 0 fully saturated rings. The average molecular weight is 290 g/mol. The summed E-state index contributed by atoms with van der Waals surface area (Å²) >= 11 is 0.909. The molecule has 0 saturated heterocycles. The van der Waals surface area contributed by atoms with Crippen LogP contribution in [0.25, 0.3) is 11.3 Å². The van der Waals surface area contributed by atoms with E-state index < -0.39 is 18.5 Å². The molecule has 0 bridgehead atoms. The van der Waals surface area contributed by atoms with Crippen LogP contribution in [0.5, 0.6) is 0 Å². The smallest absolute Gasteiger partial charge is 0.395 e. The number of thiazole rings is 1. The van der Waals surface area contributed by atoms with E-state index in [0.29, 0.717) is 17.0 Å². The number of carbonyl (C=O) groups is 1. The van der Waals surface area contributed by atoms with Crippen LogP contribution in [0.3, 0.4) is 0 Å². The Kier molecular flexibility index (Phi) is 3.36. The van der Waals surface area contributed by atoms with Gasteiger partial charge in [0.25, 0.3) is 5.91 Å². The molecule has 0 aromatic carbocycles. The molecule has 0 aliphatic rings. The Hall–Kier alpha value is -1.83. The number of carbonyl (C=O) groups excluding carboxylic acids is 1. The fourth-order valence-corrected chi connectivity index (χ4v) is 2.37. The summed E-state index contributed by atoms with van der Waals surface area (Å²) in [6, 6.07) is 1.38. The largest absolute Gasteiger partial charge is 0.456 e. The van der Waals surface area contributed by atoms with Gasteiger partial charge in [-0.25, -0.2) is 4.98 Å². The Morgan fingerprint density at radius 3 is 2.74 bits per heavy atom. The second kappa shape index (κ2) is 4.69. The second-order valence-electron chi connectivity index (χ2n) is 3.86. The maximum absolute atomic E-state index is 12.2. The van der Waals surface area contributed by atoms with E-state index >= 15 is 0 Å². The van der Waals surface area contributed by atoms with Crippen molar-refractivity contribution in [3.8, 4) is 11.3 Å². The SMILES string of the molecule is Cc1oc(C(N)=O)cc1-c1csc(CC(F)(F)F)n1. The van der Waals surface area contributed by atoms with Crippen LogP contribution < -0.4 is 5.73 Å². The molecule has 0 saturated carbocycles. The van der Waals surface area contributed by atoms with E-state index in [1.54, 1.807) is 6.92 Å². The predicted octanol–water partition coefficient (Wildman–Crippen LogP) is 2.92. The Labute approximate surface area is 110 Å². The average Bonchev–Trinajstić information content (AvgIpc) is 2.82. The zero-order valence-electron chi connectivity index (χ0n) is 9.75. The van der Waals surface area contributed by atoms with Gasteiger partial charge >= 0.3 is 6.18 Å². The molecular formula is C11H9F3N2O2S. The molecule has 8 heteroatoms. The predicted molar refractivity (Wildman–Crippen MR) is 62.8 cm³/mol. The van der Waals surface area contributed by atoms with Gasteiger partial charge in [-0.3, -0.25) is 4.79 Å². The van der Waals surface area contributed by atoms with Crippen LogP contribution >= 0.6 is 11.3 Å². The van der Waals surface area contributed by atoms with Gasteiger partial charge in [0.2, 0.25) is 0 Å². The van der Waals surface area contributed by atoms with Crippen molar-refractivity contribution < 1.29 is 22.4 Å². The van der Waals surface area contributed by atoms with E-state index in [9.17, 15) is 18.0 Å². The summed E-state index contributed by atoms with van der Waals surface area (Å²) in [5, 5.41) is 1.45. The first-order valence-electron chi connectivity index (χ1n) is 5.18. The lowest BCUT2D eigenvalue weighted by molar-refractivity contribution is -0.127. The maximum atomic E-state index is 12.2. The highest BCUT2D eigenvalue weighted by Crippen LogP contribution is 2.30. The minimum Gasteiger partial charge on any atom is -0.456 e. The summed E-state index contributed by atoms with van der Waals surface area (Å²) in [6.45, 7) is 1.59. The number of primary amides is 1. The van der Waals surface area contributed by atoms with Crippen molar-refractivity contribution >= 4 is 17.2 Å². The van der Waals surface area contributed by atoms with Crippen molar-refractivity contribution in [1.29, 1.82) is 0 Å². The number of alkyl halides is 3. The third kappa shape index (κ3) is 3.14. The topological polar surface area (TPSA) is 69.1 Å². The Morgan fingerprint density at radius 2 is 2.21 bits per heavy atom. The van der Waals surface area contributed by atoms with Gasteiger partial charge in [-0.05, 0) is 13.0 Å². The van der Waals surface area contributed by atoms with Crippen LogP contribution in [0.15, 0.2) is 15.9 Å². The first kappa shape index (κ1) is 13.6. The number of rotatable bonds is 3. The maximum Gasteiger partial charge on any atom is 0.395 e. The molecule has 0 aliphatic carbocycles. The van der Waals surface area contributed by atoms with Gasteiger partial charge < -0.3 is 10.2 Å². The number of hydrogen-bond acceptors (Lipinski definition) is 4. The van der Waals surface area contributed by atoms with Crippen LogP contribution in [0, 0.1) is 6.92 Å². The Morgan fingerprint density at radius 1 is 1.53 bits per heavy atom. The highest BCUT2D eigenvalue weighted by atomic mass is 32.1. The number of aromatic nitrogens is 1. The van der Waals surface area contributed by atoms with Gasteiger partial charge in [0.15, 0.2) is 5.76 Å². The molecule has 0 unspecified atom stereocenters. The minimum atomic E-state index is -4.29. The van der Waals surface area contributed by atoms with E-state index in [1.165, 1.54) is 11.4 Å². The summed E-state index contributed by atoms with van der Waals surface area (Å²) in [5.74, 6) is -0.393. The Balaban J connectivity index is 2.30. The summed E-state index contributed by atoms with van der Waals surface area (Å²) < 4.78 is 41.8. The molecule has 1 amide bonds. The molecule has 2 aromatic rings. The van der Waals surface area contributed by atoms with E-state index in [4.69, 9.17) is 10.2 Å². The molecular weight excluding hydrogens is 281 g/mol. The van der Waals surface area contributed by atoms with Crippen molar-refractivity contribution in [2.24, 2.45) is 5.73 Å². The van der Waals surface area contributed by atoms with Gasteiger partial charge in [0.05, 0.1) is 12.1 Å². The summed E-state index contributed by atoms with van der Waals surface area (Å²) in [5.41, 5.74) is 5.88. The molecule has 2 aromatic heterocycles. The van der Waals surface area contributed by atoms with Gasteiger partial charge in [-0.2, -0.15) is 13.2 Å². The van der Waals surface area contributed by atoms with Gasteiger partial charge in [-0.1, -0.05) is 0 Å². The lowest BCUT2D eigenvalue weighted by Crippen LogP contribution is -2.11. The third-order valence-electron chi connectivity index (χ3n) is 2.34. The van der Waals surface area contributed by atoms with E-state index in [-0.39, 0.29) is 10.8 Å². The summed E-state index contributed by atoms with van der Waals surface area (Å²) in [4.78, 5) is 14.8. The number of furan rings is 1. The van der Waals surface area contributed by atoms with Gasteiger partial charge in [-0.15, -0.1) is 11.3 Å². The fourth-order valence-electron chi connectivity index (χ4n) is 1.55. The molecule has 4 nitrogen and oxygen atoms in total. The molecule has 2 rings (SSSR count). The van der Waals surface area contributed by atoms with Crippen LogP contribution in [-0.2, 0) is 6.42 Å². The number of halogens is 3. The number of hydrogen-bond donors (Lipinski definition) is 1. The fraction of sp³-hybridized carbons (Fsp3) is 0.273. The van der Waals surface area contributed by atoms with Crippen molar-refractivity contribution in [3.63, 3.8) is 0 Å². The molecule has 0 atom stereocenters. The monoisotopic (exact) mass is 290 g/mol. The normalized spacial score (nSPS) is 11.8. The molecule has 0 radical (unpaired) electrons. The quantitative estimate of drug-likeness (QED) is 0.945. The first-order valence-corrected chi connectivity index (χ1v) is 6.06. The number of aryl methyl sites for hydroxylation is 1. The molecule has 0 spiro atoms. The van der Waals surface area contributed by atoms with Crippen LogP contribution in [0.1, 0.15) is 21.3 Å². The molecule has 0 aliphatic heterocycles. The zero-order valence-corrected chi connectivity index (χ0v) is 10.6. The molecule has 2 heterocycles. The third-order valence-corrected chi connectivity index (χ3v) is 3.19. The molecule has 2 N–H and O–H groups in total. The van der Waals surface area contributed by atoms with Crippen molar-refractivity contribution in [2.75, 3.05) is 0 Å².